The fraction of sp³-hybridized carbons (Fsp3) is 0.105. The van der Waals surface area contributed by atoms with E-state index in [2.05, 4.69) is 15.5 Å². The Morgan fingerprint density at radius 1 is 1.12 bits per heavy atom. The standard InChI is InChI=1S/C19H16FN3O2S/c20-16-11-5-4-10-15(16)18(24)21-13-17-22-23-19(25-17)26-12-6-9-14-7-2-1-3-8-14/h1-11H,12-13H2,(H,21,24). The highest BCUT2D eigenvalue weighted by molar-refractivity contribution is 7.99. The van der Waals surface area contributed by atoms with E-state index in [1.807, 2.05) is 42.5 Å². The van der Waals surface area contributed by atoms with Gasteiger partial charge in [0.05, 0.1) is 12.1 Å². The van der Waals surface area contributed by atoms with Crippen LogP contribution in [-0.2, 0) is 6.54 Å². The molecule has 26 heavy (non-hydrogen) atoms. The number of benzene rings is 2. The molecule has 1 amide bonds. The Labute approximate surface area is 154 Å². The first kappa shape index (κ1) is 17.9. The maximum atomic E-state index is 13.5. The Balaban J connectivity index is 1.47. The van der Waals surface area contributed by atoms with E-state index in [1.165, 1.54) is 30.0 Å². The molecule has 5 nitrogen and oxygen atoms in total. The fourth-order valence-corrected chi connectivity index (χ4v) is 2.72. The summed E-state index contributed by atoms with van der Waals surface area (Å²) < 4.78 is 19.0. The van der Waals surface area contributed by atoms with Crippen LogP contribution in [0.1, 0.15) is 21.8 Å². The molecule has 0 aliphatic carbocycles. The van der Waals surface area contributed by atoms with Crippen molar-refractivity contribution in [2.24, 2.45) is 0 Å². The lowest BCUT2D eigenvalue weighted by Crippen LogP contribution is -2.23. The van der Waals surface area contributed by atoms with Crippen LogP contribution in [0.25, 0.3) is 6.08 Å². The zero-order chi connectivity index (χ0) is 18.2. The number of carbonyl (C=O) groups excluding carboxylic acids is 1. The van der Waals surface area contributed by atoms with E-state index in [4.69, 9.17) is 4.42 Å². The van der Waals surface area contributed by atoms with Crippen LogP contribution in [0.2, 0.25) is 0 Å². The van der Waals surface area contributed by atoms with Crippen molar-refractivity contribution in [3.05, 3.63) is 83.5 Å². The molecule has 0 spiro atoms. The number of nitrogens with zero attached hydrogens (tertiary/aromatic N) is 2. The third kappa shape index (κ3) is 5.03. The number of halogens is 1. The van der Waals surface area contributed by atoms with Gasteiger partial charge in [0.25, 0.3) is 11.1 Å². The van der Waals surface area contributed by atoms with E-state index < -0.39 is 11.7 Å². The minimum absolute atomic E-state index is 0.0207. The minimum atomic E-state index is -0.572. The van der Waals surface area contributed by atoms with E-state index in [0.29, 0.717) is 11.0 Å². The molecule has 0 aliphatic heterocycles. The molecule has 1 aromatic heterocycles. The summed E-state index contributed by atoms with van der Waals surface area (Å²) in [5.41, 5.74) is 1.10. The maximum Gasteiger partial charge on any atom is 0.276 e. The molecule has 0 atom stereocenters. The van der Waals surface area contributed by atoms with Gasteiger partial charge in [0.2, 0.25) is 5.89 Å². The molecule has 7 heteroatoms. The zero-order valence-corrected chi connectivity index (χ0v) is 14.6. The Bertz CT molecular complexity index is 897. The Morgan fingerprint density at radius 2 is 1.88 bits per heavy atom. The average molecular weight is 369 g/mol. The van der Waals surface area contributed by atoms with Crippen molar-refractivity contribution in [3.63, 3.8) is 0 Å². The molecular formula is C19H16FN3O2S. The van der Waals surface area contributed by atoms with Crippen LogP contribution < -0.4 is 5.32 Å². The molecule has 0 bridgehead atoms. The molecule has 0 aliphatic rings. The van der Waals surface area contributed by atoms with Crippen molar-refractivity contribution >= 4 is 23.7 Å². The molecule has 0 radical (unpaired) electrons. The van der Waals surface area contributed by atoms with Gasteiger partial charge in [-0.05, 0) is 17.7 Å². The van der Waals surface area contributed by atoms with Crippen molar-refractivity contribution in [3.8, 4) is 0 Å². The van der Waals surface area contributed by atoms with Crippen molar-refractivity contribution in [2.75, 3.05) is 5.75 Å². The number of amides is 1. The van der Waals surface area contributed by atoms with E-state index in [1.54, 1.807) is 6.07 Å². The molecule has 3 rings (SSSR count). The SMILES string of the molecule is O=C(NCc1nnc(SCC=Cc2ccccc2)o1)c1ccccc1F. The predicted octanol–water partition coefficient (Wildman–Crippen LogP) is 3.94. The first-order chi connectivity index (χ1) is 12.7. The average Bonchev–Trinajstić information content (AvgIpc) is 3.12. The number of hydrogen-bond acceptors (Lipinski definition) is 5. The van der Waals surface area contributed by atoms with E-state index in [-0.39, 0.29) is 18.0 Å². The highest BCUT2D eigenvalue weighted by Gasteiger charge is 2.12. The van der Waals surface area contributed by atoms with Crippen LogP contribution in [0.4, 0.5) is 4.39 Å². The molecule has 2 aromatic carbocycles. The molecule has 3 aromatic rings. The summed E-state index contributed by atoms with van der Waals surface area (Å²) in [4.78, 5) is 11.9. The molecule has 0 fully saturated rings. The first-order valence-electron chi connectivity index (χ1n) is 7.92. The Hall–Kier alpha value is -2.93. The molecule has 1 N–H and O–H groups in total. The smallest absolute Gasteiger partial charge is 0.276 e. The largest absolute Gasteiger partial charge is 0.414 e. The fourth-order valence-electron chi connectivity index (χ4n) is 2.13. The van der Waals surface area contributed by atoms with Crippen LogP contribution >= 0.6 is 11.8 Å². The Kier molecular flexibility index (Phi) is 6.16. The van der Waals surface area contributed by atoms with E-state index >= 15 is 0 Å². The van der Waals surface area contributed by atoms with Crippen LogP contribution in [0.3, 0.4) is 0 Å². The van der Waals surface area contributed by atoms with Gasteiger partial charge in [0.1, 0.15) is 5.82 Å². The number of hydrogen-bond donors (Lipinski definition) is 1. The third-order valence-electron chi connectivity index (χ3n) is 3.38. The quantitative estimate of drug-likeness (QED) is 0.639. The van der Waals surface area contributed by atoms with Crippen LogP contribution in [0.5, 0.6) is 0 Å². The topological polar surface area (TPSA) is 68.0 Å². The highest BCUT2D eigenvalue weighted by atomic mass is 32.2. The lowest BCUT2D eigenvalue weighted by Gasteiger charge is -2.03. The van der Waals surface area contributed by atoms with Crippen molar-refractivity contribution < 1.29 is 13.6 Å². The summed E-state index contributed by atoms with van der Waals surface area (Å²) in [5.74, 6) is -0.152. The summed E-state index contributed by atoms with van der Waals surface area (Å²) in [5, 5.41) is 10.8. The number of rotatable bonds is 7. The van der Waals surface area contributed by atoms with E-state index in [9.17, 15) is 9.18 Å². The highest BCUT2D eigenvalue weighted by Crippen LogP contribution is 2.17. The van der Waals surface area contributed by atoms with Gasteiger partial charge in [0, 0.05) is 5.75 Å². The lowest BCUT2D eigenvalue weighted by atomic mass is 10.2. The van der Waals surface area contributed by atoms with Crippen molar-refractivity contribution in [1.29, 1.82) is 0 Å². The second-order valence-corrected chi connectivity index (χ2v) is 6.22. The van der Waals surface area contributed by atoms with Gasteiger partial charge < -0.3 is 9.73 Å². The summed E-state index contributed by atoms with van der Waals surface area (Å²) in [6, 6.07) is 15.7. The molecule has 0 unspecified atom stereocenters. The molecule has 132 valence electrons. The predicted molar refractivity (Wildman–Crippen MR) is 98.1 cm³/mol. The lowest BCUT2D eigenvalue weighted by molar-refractivity contribution is 0.0942. The van der Waals surface area contributed by atoms with Crippen molar-refractivity contribution in [2.45, 2.75) is 11.8 Å². The second-order valence-electron chi connectivity index (χ2n) is 5.25. The molecule has 1 heterocycles. The Morgan fingerprint density at radius 3 is 2.69 bits per heavy atom. The number of thioether (sulfide) groups is 1. The van der Waals surface area contributed by atoms with Gasteiger partial charge >= 0.3 is 0 Å². The third-order valence-corrected chi connectivity index (χ3v) is 4.15. The summed E-state index contributed by atoms with van der Waals surface area (Å²) in [7, 11) is 0. The summed E-state index contributed by atoms with van der Waals surface area (Å²) >= 11 is 1.39. The van der Waals surface area contributed by atoms with Gasteiger partial charge in [-0.25, -0.2) is 4.39 Å². The molecular weight excluding hydrogens is 353 g/mol. The van der Waals surface area contributed by atoms with E-state index in [0.717, 1.165) is 5.56 Å². The summed E-state index contributed by atoms with van der Waals surface area (Å²) in [6.07, 6.45) is 4.02. The number of carbonyl (C=O) groups is 1. The maximum absolute atomic E-state index is 13.5. The monoisotopic (exact) mass is 369 g/mol. The van der Waals surface area contributed by atoms with Gasteiger partial charge in [0.15, 0.2) is 0 Å². The first-order valence-corrected chi connectivity index (χ1v) is 8.90. The molecule has 0 saturated carbocycles. The number of aromatic nitrogens is 2. The van der Waals surface area contributed by atoms with Crippen LogP contribution in [0, 0.1) is 5.82 Å². The minimum Gasteiger partial charge on any atom is -0.414 e. The van der Waals surface area contributed by atoms with Crippen LogP contribution in [0.15, 0.2) is 70.3 Å². The van der Waals surface area contributed by atoms with Crippen molar-refractivity contribution in [1.82, 2.24) is 15.5 Å². The van der Waals surface area contributed by atoms with Gasteiger partial charge in [-0.1, -0.05) is 66.4 Å². The number of nitrogens with one attached hydrogen (secondary N) is 1. The van der Waals surface area contributed by atoms with Gasteiger partial charge in [-0.15, -0.1) is 10.2 Å². The van der Waals surface area contributed by atoms with Gasteiger partial charge in [-0.3, -0.25) is 4.79 Å². The molecule has 0 saturated heterocycles. The van der Waals surface area contributed by atoms with Gasteiger partial charge in [-0.2, -0.15) is 0 Å². The van der Waals surface area contributed by atoms with Crippen LogP contribution in [-0.4, -0.2) is 21.9 Å². The second kappa shape index (κ2) is 8.96. The zero-order valence-electron chi connectivity index (χ0n) is 13.8. The summed E-state index contributed by atoms with van der Waals surface area (Å²) in [6.45, 7) is 0.0422. The normalized spacial score (nSPS) is 11.0.